The molecule has 0 spiro atoms. The van der Waals surface area contributed by atoms with Gasteiger partial charge in [-0.15, -0.1) is 24.0 Å². The van der Waals surface area contributed by atoms with Crippen molar-refractivity contribution in [2.45, 2.75) is 40.0 Å². The number of halogens is 1. The SMILES string of the molecule is Cc1nn(C)c(C)c1CCN=C(N)Nc1cccc(C(C)C)c1.I. The quantitative estimate of drug-likeness (QED) is 0.422. The van der Waals surface area contributed by atoms with E-state index in [1.165, 1.54) is 16.8 Å². The highest BCUT2D eigenvalue weighted by molar-refractivity contribution is 14.0. The first kappa shape index (κ1) is 20.5. The van der Waals surface area contributed by atoms with Crippen LogP contribution >= 0.6 is 24.0 Å². The van der Waals surface area contributed by atoms with Crippen molar-refractivity contribution in [3.63, 3.8) is 0 Å². The van der Waals surface area contributed by atoms with Crippen LogP contribution in [-0.4, -0.2) is 22.3 Å². The number of benzene rings is 1. The first-order chi connectivity index (χ1) is 10.9. The Bertz CT molecular complexity index is 703. The number of anilines is 1. The molecule has 1 aromatic heterocycles. The summed E-state index contributed by atoms with van der Waals surface area (Å²) in [6.45, 7) is 9.11. The Hall–Kier alpha value is -1.57. The van der Waals surface area contributed by atoms with Crippen molar-refractivity contribution in [3.8, 4) is 0 Å². The number of guanidine groups is 1. The van der Waals surface area contributed by atoms with Crippen LogP contribution < -0.4 is 11.1 Å². The Morgan fingerprint density at radius 3 is 2.62 bits per heavy atom. The molecule has 24 heavy (non-hydrogen) atoms. The fraction of sp³-hybridized carbons (Fsp3) is 0.444. The highest BCUT2D eigenvalue weighted by Crippen LogP contribution is 2.18. The summed E-state index contributed by atoms with van der Waals surface area (Å²) in [5.74, 6) is 0.941. The minimum absolute atomic E-state index is 0. The van der Waals surface area contributed by atoms with Gasteiger partial charge in [-0.2, -0.15) is 5.10 Å². The Labute approximate surface area is 161 Å². The third-order valence-electron chi connectivity index (χ3n) is 4.13. The number of aryl methyl sites for hydroxylation is 2. The molecular formula is C18H28IN5. The third-order valence-corrected chi connectivity index (χ3v) is 4.13. The maximum Gasteiger partial charge on any atom is 0.193 e. The van der Waals surface area contributed by atoms with Gasteiger partial charge in [0, 0.05) is 25.0 Å². The summed E-state index contributed by atoms with van der Waals surface area (Å²) in [4.78, 5) is 4.43. The average molecular weight is 441 g/mol. The second-order valence-corrected chi connectivity index (χ2v) is 6.20. The Morgan fingerprint density at radius 2 is 2.04 bits per heavy atom. The normalized spacial score (nSPS) is 11.5. The minimum atomic E-state index is 0. The molecule has 0 aliphatic heterocycles. The molecule has 0 bridgehead atoms. The van der Waals surface area contributed by atoms with Crippen molar-refractivity contribution in [2.24, 2.45) is 17.8 Å². The molecule has 1 heterocycles. The van der Waals surface area contributed by atoms with Gasteiger partial charge in [-0.05, 0) is 49.4 Å². The molecule has 0 radical (unpaired) electrons. The van der Waals surface area contributed by atoms with Gasteiger partial charge in [-0.25, -0.2) is 0 Å². The number of hydrogen-bond acceptors (Lipinski definition) is 2. The molecule has 0 saturated heterocycles. The van der Waals surface area contributed by atoms with Crippen LogP contribution in [0.15, 0.2) is 29.3 Å². The lowest BCUT2D eigenvalue weighted by atomic mass is 10.0. The number of nitrogens with two attached hydrogens (primary N) is 1. The van der Waals surface area contributed by atoms with E-state index in [0.29, 0.717) is 18.4 Å². The second-order valence-electron chi connectivity index (χ2n) is 6.20. The van der Waals surface area contributed by atoms with Crippen molar-refractivity contribution in [1.29, 1.82) is 0 Å². The Morgan fingerprint density at radius 1 is 1.33 bits per heavy atom. The topological polar surface area (TPSA) is 68.2 Å². The summed E-state index contributed by atoms with van der Waals surface area (Å²) in [5.41, 5.74) is 11.8. The Balaban J connectivity index is 0.00000288. The zero-order valence-corrected chi connectivity index (χ0v) is 17.5. The molecule has 0 amide bonds. The zero-order chi connectivity index (χ0) is 17.0. The van der Waals surface area contributed by atoms with Crippen LogP contribution in [0, 0.1) is 13.8 Å². The summed E-state index contributed by atoms with van der Waals surface area (Å²) >= 11 is 0. The highest BCUT2D eigenvalue weighted by atomic mass is 127. The van der Waals surface area contributed by atoms with Crippen LogP contribution in [-0.2, 0) is 13.5 Å². The minimum Gasteiger partial charge on any atom is -0.370 e. The molecule has 2 rings (SSSR count). The van der Waals surface area contributed by atoms with Crippen molar-refractivity contribution in [2.75, 3.05) is 11.9 Å². The molecule has 0 aliphatic carbocycles. The lowest BCUT2D eigenvalue weighted by molar-refractivity contribution is 0.730. The number of aromatic nitrogens is 2. The molecular weight excluding hydrogens is 413 g/mol. The smallest absolute Gasteiger partial charge is 0.193 e. The lowest BCUT2D eigenvalue weighted by Crippen LogP contribution is -2.23. The number of hydrogen-bond donors (Lipinski definition) is 2. The van der Waals surface area contributed by atoms with Crippen molar-refractivity contribution in [1.82, 2.24) is 9.78 Å². The third kappa shape index (κ3) is 5.22. The van der Waals surface area contributed by atoms with E-state index < -0.39 is 0 Å². The van der Waals surface area contributed by atoms with Crippen LogP contribution in [0.1, 0.15) is 42.3 Å². The van der Waals surface area contributed by atoms with Crippen LogP contribution in [0.2, 0.25) is 0 Å². The fourth-order valence-corrected chi connectivity index (χ4v) is 2.63. The zero-order valence-electron chi connectivity index (χ0n) is 15.1. The summed E-state index contributed by atoms with van der Waals surface area (Å²) < 4.78 is 1.91. The van der Waals surface area contributed by atoms with Gasteiger partial charge < -0.3 is 11.1 Å². The monoisotopic (exact) mass is 441 g/mol. The molecule has 1 aromatic carbocycles. The van der Waals surface area contributed by atoms with E-state index in [1.807, 2.05) is 30.8 Å². The summed E-state index contributed by atoms with van der Waals surface area (Å²) in [6.07, 6.45) is 0.847. The summed E-state index contributed by atoms with van der Waals surface area (Å²) in [5, 5.41) is 7.59. The van der Waals surface area contributed by atoms with Gasteiger partial charge in [0.05, 0.1) is 5.69 Å². The van der Waals surface area contributed by atoms with E-state index >= 15 is 0 Å². The van der Waals surface area contributed by atoms with Crippen LogP contribution in [0.25, 0.3) is 0 Å². The fourth-order valence-electron chi connectivity index (χ4n) is 2.63. The maximum absolute atomic E-state index is 6.00. The van der Waals surface area contributed by atoms with E-state index in [4.69, 9.17) is 5.73 Å². The number of aliphatic imine (C=N–C) groups is 1. The lowest BCUT2D eigenvalue weighted by Gasteiger charge is -2.10. The van der Waals surface area contributed by atoms with Crippen LogP contribution in [0.5, 0.6) is 0 Å². The second kappa shape index (κ2) is 9.05. The van der Waals surface area contributed by atoms with E-state index in [9.17, 15) is 0 Å². The van der Waals surface area contributed by atoms with Gasteiger partial charge >= 0.3 is 0 Å². The number of nitrogens with one attached hydrogen (secondary N) is 1. The highest BCUT2D eigenvalue weighted by Gasteiger charge is 2.08. The molecule has 6 heteroatoms. The first-order valence-electron chi connectivity index (χ1n) is 8.04. The number of nitrogens with zero attached hydrogens (tertiary/aromatic N) is 3. The standard InChI is InChI=1S/C18H27N5.HI/c1-12(2)15-7-6-8-16(11-15)21-18(19)20-10-9-17-13(3)22-23(5)14(17)4;/h6-8,11-12H,9-10H2,1-5H3,(H3,19,20,21);1H. The van der Waals surface area contributed by atoms with Crippen LogP contribution in [0.3, 0.4) is 0 Å². The first-order valence-corrected chi connectivity index (χ1v) is 8.04. The Kier molecular flexibility index (Phi) is 7.72. The predicted molar refractivity (Wildman–Crippen MR) is 112 cm³/mol. The van der Waals surface area contributed by atoms with Gasteiger partial charge in [0.15, 0.2) is 5.96 Å². The molecule has 2 aromatic rings. The molecule has 0 fully saturated rings. The van der Waals surface area contributed by atoms with E-state index in [2.05, 4.69) is 48.3 Å². The predicted octanol–water partition coefficient (Wildman–Crippen LogP) is 3.75. The van der Waals surface area contributed by atoms with Gasteiger partial charge in [0.2, 0.25) is 0 Å². The van der Waals surface area contributed by atoms with Gasteiger partial charge in [-0.3, -0.25) is 9.67 Å². The molecule has 0 saturated carbocycles. The van der Waals surface area contributed by atoms with Gasteiger partial charge in [0.1, 0.15) is 0 Å². The molecule has 0 unspecified atom stereocenters. The molecule has 0 aliphatic rings. The molecule has 0 atom stereocenters. The molecule has 5 nitrogen and oxygen atoms in total. The largest absolute Gasteiger partial charge is 0.370 e. The van der Waals surface area contributed by atoms with Gasteiger partial charge in [-0.1, -0.05) is 26.0 Å². The van der Waals surface area contributed by atoms with Crippen LogP contribution in [0.4, 0.5) is 5.69 Å². The average Bonchev–Trinajstić information content (AvgIpc) is 2.73. The maximum atomic E-state index is 6.00. The van der Waals surface area contributed by atoms with E-state index in [1.54, 1.807) is 0 Å². The summed E-state index contributed by atoms with van der Waals surface area (Å²) in [7, 11) is 1.97. The van der Waals surface area contributed by atoms with Crippen molar-refractivity contribution < 1.29 is 0 Å². The van der Waals surface area contributed by atoms with E-state index in [-0.39, 0.29) is 24.0 Å². The van der Waals surface area contributed by atoms with E-state index in [0.717, 1.165) is 17.8 Å². The number of rotatable bonds is 5. The molecule has 132 valence electrons. The summed E-state index contributed by atoms with van der Waals surface area (Å²) in [6, 6.07) is 8.27. The van der Waals surface area contributed by atoms with Crippen molar-refractivity contribution in [3.05, 3.63) is 46.8 Å². The molecule has 3 N–H and O–H groups in total. The van der Waals surface area contributed by atoms with Crippen molar-refractivity contribution >= 4 is 35.6 Å². The van der Waals surface area contributed by atoms with Gasteiger partial charge in [0.25, 0.3) is 0 Å².